The molecule has 0 saturated heterocycles. The highest BCUT2D eigenvalue weighted by molar-refractivity contribution is 6.25. The molecule has 0 atom stereocenters. The molecule has 0 spiro atoms. The highest BCUT2D eigenvalue weighted by Gasteiger charge is 2.38. The number of hydrogen-bond donors (Lipinski definition) is 0. The third-order valence-electron chi connectivity index (χ3n) is 11.2. The van der Waals surface area contributed by atoms with Crippen LogP contribution in [0.2, 0.25) is 0 Å². The fraction of sp³-hybridized carbons (Fsp3) is 0.0638. The minimum absolute atomic E-state index is 0.171. The summed E-state index contributed by atoms with van der Waals surface area (Å²) in [7, 11) is 0. The number of rotatable bonds is 2. The molecular formula is C47H30O. The van der Waals surface area contributed by atoms with Gasteiger partial charge in [-0.05, 0) is 118 Å². The third-order valence-corrected chi connectivity index (χ3v) is 11.2. The highest BCUT2D eigenvalue weighted by atomic mass is 16.3. The number of fused-ring (bicyclic) bond motifs is 7. The second kappa shape index (κ2) is 9.12. The molecule has 1 nitrogen and oxygen atoms in total. The van der Waals surface area contributed by atoms with Crippen molar-refractivity contribution in [2.45, 2.75) is 19.3 Å². The van der Waals surface area contributed by atoms with Gasteiger partial charge < -0.3 is 4.42 Å². The van der Waals surface area contributed by atoms with Crippen molar-refractivity contribution in [1.82, 2.24) is 0 Å². The van der Waals surface area contributed by atoms with E-state index < -0.39 is 0 Å². The number of hydrogen-bond acceptors (Lipinski definition) is 1. The van der Waals surface area contributed by atoms with E-state index in [-0.39, 0.29) is 5.41 Å². The van der Waals surface area contributed by atoms with Gasteiger partial charge >= 0.3 is 0 Å². The molecule has 1 heteroatoms. The van der Waals surface area contributed by atoms with Gasteiger partial charge in [-0.25, -0.2) is 0 Å². The van der Waals surface area contributed by atoms with Gasteiger partial charge in [0, 0.05) is 16.2 Å². The number of furan rings is 1. The summed E-state index contributed by atoms with van der Waals surface area (Å²) in [6, 6.07) is 54.0. The quantitative estimate of drug-likeness (QED) is 0.178. The lowest BCUT2D eigenvalue weighted by Gasteiger charge is -2.23. The Kier molecular flexibility index (Phi) is 4.97. The summed E-state index contributed by atoms with van der Waals surface area (Å²) in [5.41, 5.74) is 12.2. The van der Waals surface area contributed by atoms with Crippen molar-refractivity contribution in [1.29, 1.82) is 0 Å². The van der Waals surface area contributed by atoms with Crippen LogP contribution in [0.5, 0.6) is 0 Å². The van der Waals surface area contributed by atoms with Crippen molar-refractivity contribution in [3.8, 4) is 33.4 Å². The summed E-state index contributed by atoms with van der Waals surface area (Å²) in [4.78, 5) is 0. The zero-order valence-corrected chi connectivity index (χ0v) is 26.8. The first-order valence-corrected chi connectivity index (χ1v) is 16.8. The summed E-state index contributed by atoms with van der Waals surface area (Å²) in [6.07, 6.45) is 0. The minimum Gasteiger partial charge on any atom is -0.456 e. The van der Waals surface area contributed by atoms with Crippen LogP contribution in [0.15, 0.2) is 150 Å². The van der Waals surface area contributed by atoms with E-state index in [4.69, 9.17) is 4.42 Å². The van der Waals surface area contributed by atoms with E-state index in [1.807, 2.05) is 6.07 Å². The summed E-state index contributed by atoms with van der Waals surface area (Å²) in [6.45, 7) is 4.80. The smallest absolute Gasteiger partial charge is 0.135 e. The first-order chi connectivity index (χ1) is 23.5. The molecule has 1 aliphatic carbocycles. The van der Waals surface area contributed by atoms with Crippen LogP contribution < -0.4 is 0 Å². The summed E-state index contributed by atoms with van der Waals surface area (Å²) >= 11 is 0. The number of para-hydroxylation sites is 1. The lowest BCUT2D eigenvalue weighted by Crippen LogP contribution is -2.15. The predicted molar refractivity (Wildman–Crippen MR) is 203 cm³/mol. The fourth-order valence-corrected chi connectivity index (χ4v) is 8.88. The molecule has 0 bridgehead atoms. The predicted octanol–water partition coefficient (Wildman–Crippen LogP) is 13.3. The minimum atomic E-state index is -0.171. The van der Waals surface area contributed by atoms with E-state index in [1.54, 1.807) is 0 Å². The van der Waals surface area contributed by atoms with Crippen molar-refractivity contribution in [2.24, 2.45) is 0 Å². The molecule has 0 radical (unpaired) electrons. The van der Waals surface area contributed by atoms with Gasteiger partial charge in [0.1, 0.15) is 11.2 Å². The maximum atomic E-state index is 6.24. The van der Waals surface area contributed by atoms with Crippen LogP contribution in [0.1, 0.15) is 25.0 Å². The lowest BCUT2D eigenvalue weighted by atomic mass is 9.80. The molecule has 1 aromatic heterocycles. The normalized spacial score (nSPS) is 13.8. The van der Waals surface area contributed by atoms with Gasteiger partial charge in [0.2, 0.25) is 0 Å². The van der Waals surface area contributed by atoms with E-state index in [0.29, 0.717) is 0 Å². The SMILES string of the molecule is CC1(C)c2cc(-c3ccc4ccc5cccc6ccc3c4c56)ccc2-c2c1cc1ccccc1c2-c1ccc2oc3ccccc3c2c1. The summed E-state index contributed by atoms with van der Waals surface area (Å²) in [5.74, 6) is 0. The molecule has 0 fully saturated rings. The van der Waals surface area contributed by atoms with E-state index in [2.05, 4.69) is 153 Å². The van der Waals surface area contributed by atoms with Crippen molar-refractivity contribution >= 4 is 65.0 Å². The summed E-state index contributed by atoms with van der Waals surface area (Å²) in [5, 5.41) is 12.8. The van der Waals surface area contributed by atoms with Crippen molar-refractivity contribution in [3.63, 3.8) is 0 Å². The van der Waals surface area contributed by atoms with Crippen molar-refractivity contribution < 1.29 is 4.42 Å². The molecule has 224 valence electrons. The summed E-state index contributed by atoms with van der Waals surface area (Å²) < 4.78 is 6.24. The Balaban J connectivity index is 1.17. The molecule has 0 aliphatic heterocycles. The van der Waals surface area contributed by atoms with Crippen LogP contribution in [0.3, 0.4) is 0 Å². The van der Waals surface area contributed by atoms with E-state index in [1.165, 1.54) is 87.6 Å². The Labute approximate surface area is 278 Å². The monoisotopic (exact) mass is 610 g/mol. The van der Waals surface area contributed by atoms with Gasteiger partial charge in [-0.3, -0.25) is 0 Å². The largest absolute Gasteiger partial charge is 0.456 e. The third kappa shape index (κ3) is 3.35. The van der Waals surface area contributed by atoms with Gasteiger partial charge in [-0.1, -0.05) is 129 Å². The van der Waals surface area contributed by atoms with E-state index in [9.17, 15) is 0 Å². The maximum absolute atomic E-state index is 6.24. The molecule has 0 amide bonds. The molecule has 0 saturated carbocycles. The Morgan fingerprint density at radius 2 is 1.06 bits per heavy atom. The van der Waals surface area contributed by atoms with Crippen molar-refractivity contribution in [2.75, 3.05) is 0 Å². The fourth-order valence-electron chi connectivity index (χ4n) is 8.88. The van der Waals surface area contributed by atoms with Crippen LogP contribution in [0.25, 0.3) is 98.4 Å². The molecule has 1 aliphatic rings. The second-order valence-electron chi connectivity index (χ2n) is 14.1. The Hall–Kier alpha value is -5.92. The molecular weight excluding hydrogens is 581 g/mol. The van der Waals surface area contributed by atoms with E-state index in [0.717, 1.165) is 21.9 Å². The van der Waals surface area contributed by atoms with Crippen molar-refractivity contribution in [3.05, 3.63) is 157 Å². The standard InChI is InChI=1S/C47H30O/c1-47(2)39-25-31(33-20-16-29-15-14-27-9-7-10-28-17-21-36(33)44(29)43(27)28)18-22-37(39)46-40(47)26-30-8-3-4-11-34(30)45(46)32-19-23-42-38(24-32)35-12-5-6-13-41(35)48-42/h3-26H,1-2H3. The van der Waals surface area contributed by atoms with Gasteiger partial charge in [0.05, 0.1) is 0 Å². The van der Waals surface area contributed by atoms with E-state index >= 15 is 0 Å². The maximum Gasteiger partial charge on any atom is 0.135 e. The van der Waals surface area contributed by atoms with Crippen LogP contribution in [-0.4, -0.2) is 0 Å². The molecule has 10 aromatic rings. The molecule has 48 heavy (non-hydrogen) atoms. The number of benzene rings is 9. The topological polar surface area (TPSA) is 13.1 Å². The van der Waals surface area contributed by atoms with Gasteiger partial charge in [0.25, 0.3) is 0 Å². The van der Waals surface area contributed by atoms with Crippen LogP contribution in [0.4, 0.5) is 0 Å². The molecule has 9 aromatic carbocycles. The molecule has 11 rings (SSSR count). The van der Waals surface area contributed by atoms with Gasteiger partial charge in [0.15, 0.2) is 0 Å². The Morgan fingerprint density at radius 1 is 0.396 bits per heavy atom. The molecule has 0 N–H and O–H groups in total. The molecule has 0 unspecified atom stereocenters. The van der Waals surface area contributed by atoms with Crippen LogP contribution in [-0.2, 0) is 5.41 Å². The zero-order chi connectivity index (χ0) is 31.7. The average molecular weight is 611 g/mol. The van der Waals surface area contributed by atoms with Gasteiger partial charge in [-0.15, -0.1) is 0 Å². The first-order valence-electron chi connectivity index (χ1n) is 16.8. The lowest BCUT2D eigenvalue weighted by molar-refractivity contribution is 0.661. The first kappa shape index (κ1) is 26.2. The van der Waals surface area contributed by atoms with Crippen LogP contribution >= 0.6 is 0 Å². The zero-order valence-electron chi connectivity index (χ0n) is 26.8. The molecule has 1 heterocycles. The van der Waals surface area contributed by atoms with Gasteiger partial charge in [-0.2, -0.15) is 0 Å². The highest BCUT2D eigenvalue weighted by Crippen LogP contribution is 2.55. The average Bonchev–Trinajstić information content (AvgIpc) is 3.60. The van der Waals surface area contributed by atoms with Crippen LogP contribution in [0, 0.1) is 0 Å². The Morgan fingerprint density at radius 3 is 1.94 bits per heavy atom. The second-order valence-corrected chi connectivity index (χ2v) is 14.1. The Bertz CT molecular complexity index is 2960.